The molecule has 14 heavy (non-hydrogen) atoms. The van der Waals surface area contributed by atoms with Gasteiger partial charge >= 0.3 is 0 Å². The van der Waals surface area contributed by atoms with Crippen molar-refractivity contribution in [3.05, 3.63) is 0 Å². The molecule has 0 aromatic heterocycles. The highest BCUT2D eigenvalue weighted by Crippen LogP contribution is 2.20. The van der Waals surface area contributed by atoms with Crippen molar-refractivity contribution in [2.75, 3.05) is 28.2 Å². The SMILES string of the molecule is CC1CCC[Si](C)([O-])O1.C[N+](C)(C)C. The van der Waals surface area contributed by atoms with E-state index < -0.39 is 8.56 Å². The topological polar surface area (TPSA) is 32.3 Å². The summed E-state index contributed by atoms with van der Waals surface area (Å²) in [7, 11) is 6.10. The normalized spacial score (nSPS) is 33.2. The predicted molar refractivity (Wildman–Crippen MR) is 60.2 cm³/mol. The third kappa shape index (κ3) is 10.2. The van der Waals surface area contributed by atoms with E-state index in [1.807, 2.05) is 6.92 Å². The first-order valence-corrected chi connectivity index (χ1v) is 7.80. The van der Waals surface area contributed by atoms with Crippen LogP contribution in [0, 0.1) is 0 Å². The van der Waals surface area contributed by atoms with Crippen LogP contribution in [0.3, 0.4) is 0 Å². The second-order valence-corrected chi connectivity index (χ2v) is 8.64. The van der Waals surface area contributed by atoms with E-state index in [1.54, 1.807) is 6.55 Å². The van der Waals surface area contributed by atoms with Crippen molar-refractivity contribution in [1.82, 2.24) is 0 Å². The summed E-state index contributed by atoms with van der Waals surface area (Å²) in [6.45, 7) is 3.74. The molecule has 0 radical (unpaired) electrons. The van der Waals surface area contributed by atoms with Crippen LogP contribution in [0.1, 0.15) is 19.8 Å². The van der Waals surface area contributed by atoms with Crippen LogP contribution in [0.15, 0.2) is 0 Å². The molecule has 0 amide bonds. The fraction of sp³-hybridized carbons (Fsp3) is 1.00. The fourth-order valence-corrected chi connectivity index (χ4v) is 3.19. The van der Waals surface area contributed by atoms with Gasteiger partial charge in [0.15, 0.2) is 0 Å². The summed E-state index contributed by atoms with van der Waals surface area (Å²) in [5.41, 5.74) is 0. The van der Waals surface area contributed by atoms with Crippen molar-refractivity contribution in [1.29, 1.82) is 0 Å². The van der Waals surface area contributed by atoms with Crippen molar-refractivity contribution in [2.45, 2.75) is 38.5 Å². The number of quaternary nitrogens is 1. The van der Waals surface area contributed by atoms with E-state index in [1.165, 1.54) is 0 Å². The first-order valence-electron chi connectivity index (χ1n) is 5.27. The summed E-state index contributed by atoms with van der Waals surface area (Å²) in [6.07, 6.45) is 2.38. The molecular weight excluding hydrogens is 194 g/mol. The molecule has 1 saturated heterocycles. The molecule has 0 spiro atoms. The summed E-state index contributed by atoms with van der Waals surface area (Å²) in [4.78, 5) is 11.2. The highest BCUT2D eigenvalue weighted by atomic mass is 28.4. The third-order valence-corrected chi connectivity index (χ3v) is 3.85. The molecule has 0 N–H and O–H groups in total. The molecule has 3 nitrogen and oxygen atoms in total. The van der Waals surface area contributed by atoms with Gasteiger partial charge in [-0.2, -0.15) is 0 Å². The molecule has 86 valence electrons. The zero-order chi connectivity index (χ0) is 11.4. The molecule has 1 aliphatic heterocycles. The monoisotopic (exact) mass is 219 g/mol. The average Bonchev–Trinajstić information content (AvgIpc) is 1.78. The molecule has 1 aliphatic rings. The van der Waals surface area contributed by atoms with Crippen LogP contribution in [-0.2, 0) is 4.43 Å². The van der Waals surface area contributed by atoms with Gasteiger partial charge in [0.05, 0.1) is 36.8 Å². The van der Waals surface area contributed by atoms with E-state index in [-0.39, 0.29) is 6.10 Å². The maximum Gasteiger partial charge on any atom is 0.0969 e. The van der Waals surface area contributed by atoms with Gasteiger partial charge in [-0.05, 0) is 19.4 Å². The lowest BCUT2D eigenvalue weighted by Crippen LogP contribution is -2.53. The quantitative estimate of drug-likeness (QED) is 0.449. The van der Waals surface area contributed by atoms with Gasteiger partial charge in [-0.15, -0.1) is 0 Å². The van der Waals surface area contributed by atoms with Gasteiger partial charge in [0.2, 0.25) is 0 Å². The Bertz CT molecular complexity index is 160. The molecule has 0 bridgehead atoms. The van der Waals surface area contributed by atoms with Crippen LogP contribution in [-0.4, -0.2) is 47.3 Å². The Morgan fingerprint density at radius 1 is 1.29 bits per heavy atom. The van der Waals surface area contributed by atoms with E-state index in [9.17, 15) is 4.80 Å². The standard InChI is InChI=1S/C6H13O2Si.C4H12N/c1-6-4-3-5-9(2,7)8-6;1-5(2,3)4/h6H,3-5H2,1-2H3;1-4H3/q-1;+1. The number of hydrogen-bond donors (Lipinski definition) is 0. The van der Waals surface area contributed by atoms with Crippen molar-refractivity contribution >= 4 is 8.56 Å². The van der Waals surface area contributed by atoms with Crippen LogP contribution < -0.4 is 4.80 Å². The highest BCUT2D eigenvalue weighted by molar-refractivity contribution is 6.63. The molecular formula is C10H25NO2Si. The minimum atomic E-state index is -2.40. The first-order chi connectivity index (χ1) is 6.10. The van der Waals surface area contributed by atoms with Gasteiger partial charge in [0.25, 0.3) is 0 Å². The lowest BCUT2D eigenvalue weighted by molar-refractivity contribution is -0.849. The van der Waals surface area contributed by atoms with Crippen LogP contribution in [0.4, 0.5) is 0 Å². The Hall–Kier alpha value is 0.0969. The van der Waals surface area contributed by atoms with Crippen LogP contribution >= 0.6 is 0 Å². The summed E-state index contributed by atoms with van der Waals surface area (Å²) in [5, 5.41) is 0. The minimum absolute atomic E-state index is 0.230. The maximum atomic E-state index is 11.2. The smallest absolute Gasteiger partial charge is 0.0969 e. The average molecular weight is 219 g/mol. The Balaban J connectivity index is 0.000000292. The maximum absolute atomic E-state index is 11.2. The van der Waals surface area contributed by atoms with E-state index in [4.69, 9.17) is 4.43 Å². The zero-order valence-corrected chi connectivity index (χ0v) is 11.5. The highest BCUT2D eigenvalue weighted by Gasteiger charge is 2.21. The van der Waals surface area contributed by atoms with E-state index in [0.29, 0.717) is 0 Å². The molecule has 2 atom stereocenters. The molecule has 0 aromatic rings. The zero-order valence-electron chi connectivity index (χ0n) is 10.5. The second-order valence-electron chi connectivity index (χ2n) is 5.64. The Morgan fingerprint density at radius 2 is 1.71 bits per heavy atom. The van der Waals surface area contributed by atoms with Gasteiger partial charge in [0.1, 0.15) is 0 Å². The Morgan fingerprint density at radius 3 is 1.93 bits per heavy atom. The molecule has 1 rings (SSSR count). The van der Waals surface area contributed by atoms with E-state index in [2.05, 4.69) is 28.2 Å². The van der Waals surface area contributed by atoms with Crippen LogP contribution in [0.25, 0.3) is 0 Å². The molecule has 0 saturated carbocycles. The summed E-state index contributed by atoms with van der Waals surface area (Å²) < 4.78 is 6.26. The second kappa shape index (κ2) is 5.26. The largest absolute Gasteiger partial charge is 0.838 e. The lowest BCUT2D eigenvalue weighted by atomic mass is 10.2. The lowest BCUT2D eigenvalue weighted by Gasteiger charge is -2.41. The van der Waals surface area contributed by atoms with Gasteiger partial charge < -0.3 is 13.7 Å². The molecule has 1 heterocycles. The van der Waals surface area contributed by atoms with Crippen LogP contribution in [0.2, 0.25) is 12.6 Å². The first kappa shape index (κ1) is 14.1. The van der Waals surface area contributed by atoms with E-state index in [0.717, 1.165) is 23.4 Å². The predicted octanol–water partition coefficient (Wildman–Crippen LogP) is 0.940. The van der Waals surface area contributed by atoms with Crippen molar-refractivity contribution in [3.8, 4) is 0 Å². The summed E-state index contributed by atoms with van der Waals surface area (Å²) in [5.74, 6) is 0. The van der Waals surface area contributed by atoms with Gasteiger partial charge in [0, 0.05) is 6.10 Å². The fourth-order valence-electron chi connectivity index (χ4n) is 1.25. The number of rotatable bonds is 0. The van der Waals surface area contributed by atoms with Crippen molar-refractivity contribution < 1.29 is 13.7 Å². The number of hydrogen-bond acceptors (Lipinski definition) is 2. The number of nitrogens with zero attached hydrogens (tertiary/aromatic N) is 1. The molecule has 0 aromatic carbocycles. The molecule has 0 aliphatic carbocycles. The van der Waals surface area contributed by atoms with Crippen molar-refractivity contribution in [3.63, 3.8) is 0 Å². The van der Waals surface area contributed by atoms with Crippen molar-refractivity contribution in [2.24, 2.45) is 0 Å². The third-order valence-electron chi connectivity index (χ3n) is 1.69. The summed E-state index contributed by atoms with van der Waals surface area (Å²) in [6, 6.07) is 0.803. The van der Waals surface area contributed by atoms with Gasteiger partial charge in [-0.3, -0.25) is 0 Å². The van der Waals surface area contributed by atoms with Gasteiger partial charge in [-0.1, -0.05) is 13.0 Å². The van der Waals surface area contributed by atoms with E-state index >= 15 is 0 Å². The molecule has 1 fully saturated rings. The summed E-state index contributed by atoms with van der Waals surface area (Å²) >= 11 is 0. The Labute approximate surface area is 89.5 Å². The minimum Gasteiger partial charge on any atom is -0.838 e. The molecule has 2 unspecified atom stereocenters. The Kier molecular flexibility index (Phi) is 5.29. The molecule has 4 heteroatoms. The van der Waals surface area contributed by atoms with Crippen LogP contribution in [0.5, 0.6) is 0 Å². The van der Waals surface area contributed by atoms with Gasteiger partial charge in [-0.25, -0.2) is 0 Å².